The Hall–Kier alpha value is -1.88. The Morgan fingerprint density at radius 2 is 1.74 bits per heavy atom. The minimum absolute atomic E-state index is 0.104. The Labute approximate surface area is 161 Å². The van der Waals surface area contributed by atoms with E-state index in [-0.39, 0.29) is 18.0 Å². The van der Waals surface area contributed by atoms with Gasteiger partial charge in [-0.3, -0.25) is 4.79 Å². The molecule has 27 heavy (non-hydrogen) atoms. The number of benzene rings is 1. The summed E-state index contributed by atoms with van der Waals surface area (Å²) in [5.74, 6) is 1.55. The minimum Gasteiger partial charge on any atom is -0.465 e. The van der Waals surface area contributed by atoms with E-state index in [0.29, 0.717) is 36.5 Å². The third-order valence-electron chi connectivity index (χ3n) is 5.97. The van der Waals surface area contributed by atoms with Gasteiger partial charge in [-0.2, -0.15) is 0 Å². The van der Waals surface area contributed by atoms with E-state index in [2.05, 4.69) is 5.32 Å². The van der Waals surface area contributed by atoms with E-state index in [9.17, 15) is 9.59 Å². The van der Waals surface area contributed by atoms with Crippen LogP contribution in [0.4, 0.5) is 0 Å². The Morgan fingerprint density at radius 3 is 2.44 bits per heavy atom. The molecule has 5 heteroatoms. The van der Waals surface area contributed by atoms with Crippen molar-refractivity contribution in [2.45, 2.75) is 52.0 Å². The van der Waals surface area contributed by atoms with Gasteiger partial charge in [-0.15, -0.1) is 0 Å². The molecule has 148 valence electrons. The Morgan fingerprint density at radius 1 is 1.00 bits per heavy atom. The average molecular weight is 373 g/mol. The fraction of sp³-hybridized carbons (Fsp3) is 0.636. The first-order valence-corrected chi connectivity index (χ1v) is 10.3. The fourth-order valence-corrected chi connectivity index (χ4v) is 4.59. The lowest BCUT2D eigenvalue weighted by Gasteiger charge is -2.42. The second-order valence-electron chi connectivity index (χ2n) is 7.77. The van der Waals surface area contributed by atoms with E-state index in [0.717, 1.165) is 19.4 Å². The molecular weight excluding hydrogens is 342 g/mol. The summed E-state index contributed by atoms with van der Waals surface area (Å²) in [7, 11) is 0. The summed E-state index contributed by atoms with van der Waals surface area (Å²) in [6.45, 7) is 5.43. The molecule has 1 saturated carbocycles. The highest BCUT2D eigenvalue weighted by Crippen LogP contribution is 2.39. The van der Waals surface area contributed by atoms with Gasteiger partial charge in [-0.05, 0) is 87.9 Å². The molecule has 1 aromatic rings. The zero-order valence-electron chi connectivity index (χ0n) is 16.4. The molecular formula is C22H31NO4. The summed E-state index contributed by atoms with van der Waals surface area (Å²) in [4.78, 5) is 23.8. The standard InChI is InChI=1S/C22H31NO4/c1-3-26-21(24)17-8-5-15(6-9-17)11-16-7-10-18-14-23-20(13-19(18)12-16)22(25)27-4-2/h5-6,8-9,16,18-20,23H,3-4,7,10-14H2,1-2H3/t16-,18+,19-,20+/m1/s1. The van der Waals surface area contributed by atoms with Gasteiger partial charge in [0.15, 0.2) is 0 Å². The summed E-state index contributed by atoms with van der Waals surface area (Å²) in [5, 5.41) is 3.38. The van der Waals surface area contributed by atoms with Gasteiger partial charge in [-0.25, -0.2) is 4.79 Å². The number of carbonyl (C=O) groups is 2. The monoisotopic (exact) mass is 373 g/mol. The molecule has 1 heterocycles. The summed E-state index contributed by atoms with van der Waals surface area (Å²) in [6.07, 6.45) is 5.54. The van der Waals surface area contributed by atoms with Crippen LogP contribution in [0.15, 0.2) is 24.3 Å². The third kappa shape index (κ3) is 5.10. The maximum Gasteiger partial charge on any atom is 0.338 e. The van der Waals surface area contributed by atoms with E-state index >= 15 is 0 Å². The van der Waals surface area contributed by atoms with Crippen molar-refractivity contribution in [1.82, 2.24) is 5.32 Å². The van der Waals surface area contributed by atoms with Crippen LogP contribution in [0, 0.1) is 17.8 Å². The average Bonchev–Trinajstić information content (AvgIpc) is 2.68. The van der Waals surface area contributed by atoms with Crippen molar-refractivity contribution in [3.63, 3.8) is 0 Å². The summed E-state index contributed by atoms with van der Waals surface area (Å²) in [6, 6.07) is 7.67. The van der Waals surface area contributed by atoms with Crippen molar-refractivity contribution in [3.05, 3.63) is 35.4 Å². The highest BCUT2D eigenvalue weighted by Gasteiger charge is 2.38. The summed E-state index contributed by atoms with van der Waals surface area (Å²) < 4.78 is 10.2. The van der Waals surface area contributed by atoms with Crippen molar-refractivity contribution in [1.29, 1.82) is 0 Å². The van der Waals surface area contributed by atoms with Crippen molar-refractivity contribution in [2.24, 2.45) is 17.8 Å². The molecule has 0 unspecified atom stereocenters. The van der Waals surface area contributed by atoms with Gasteiger partial charge in [0.1, 0.15) is 6.04 Å². The smallest absolute Gasteiger partial charge is 0.338 e. The van der Waals surface area contributed by atoms with E-state index in [1.54, 1.807) is 0 Å². The van der Waals surface area contributed by atoms with Crippen LogP contribution in [0.3, 0.4) is 0 Å². The molecule has 4 atom stereocenters. The largest absolute Gasteiger partial charge is 0.465 e. The van der Waals surface area contributed by atoms with Gasteiger partial charge in [0.05, 0.1) is 18.8 Å². The van der Waals surface area contributed by atoms with Crippen LogP contribution >= 0.6 is 0 Å². The Balaban J connectivity index is 1.55. The molecule has 1 aliphatic carbocycles. The maximum absolute atomic E-state index is 12.1. The zero-order chi connectivity index (χ0) is 19.2. The lowest BCUT2D eigenvalue weighted by Crippen LogP contribution is -2.50. The quantitative estimate of drug-likeness (QED) is 0.775. The molecule has 2 fully saturated rings. The number of esters is 2. The van der Waals surface area contributed by atoms with Crippen molar-refractivity contribution in [3.8, 4) is 0 Å². The highest BCUT2D eigenvalue weighted by atomic mass is 16.5. The first kappa shape index (κ1) is 19.9. The van der Waals surface area contributed by atoms with Gasteiger partial charge < -0.3 is 14.8 Å². The summed E-state index contributed by atoms with van der Waals surface area (Å²) in [5.41, 5.74) is 1.88. The zero-order valence-corrected chi connectivity index (χ0v) is 16.4. The number of piperidine rings is 1. The number of rotatable bonds is 6. The predicted octanol–water partition coefficient (Wildman–Crippen LogP) is 3.36. The highest BCUT2D eigenvalue weighted by molar-refractivity contribution is 5.89. The molecule has 1 aromatic carbocycles. The first-order chi connectivity index (χ1) is 13.1. The third-order valence-corrected chi connectivity index (χ3v) is 5.97. The minimum atomic E-state index is -0.260. The van der Waals surface area contributed by atoms with E-state index < -0.39 is 0 Å². The molecule has 2 aliphatic rings. The lowest BCUT2D eigenvalue weighted by atomic mass is 9.68. The van der Waals surface area contributed by atoms with Crippen molar-refractivity contribution in [2.75, 3.05) is 19.8 Å². The fourth-order valence-electron chi connectivity index (χ4n) is 4.59. The maximum atomic E-state index is 12.1. The summed E-state index contributed by atoms with van der Waals surface area (Å²) >= 11 is 0. The van der Waals surface area contributed by atoms with Gasteiger partial charge in [0.25, 0.3) is 0 Å². The van der Waals surface area contributed by atoms with Crippen LogP contribution in [0.1, 0.15) is 55.5 Å². The molecule has 0 spiro atoms. The molecule has 5 nitrogen and oxygen atoms in total. The van der Waals surface area contributed by atoms with Crippen LogP contribution in [-0.4, -0.2) is 37.7 Å². The van der Waals surface area contributed by atoms with Gasteiger partial charge in [0, 0.05) is 0 Å². The van der Waals surface area contributed by atoms with Gasteiger partial charge >= 0.3 is 11.9 Å². The number of nitrogens with one attached hydrogen (secondary N) is 1. The lowest BCUT2D eigenvalue weighted by molar-refractivity contribution is -0.147. The SMILES string of the molecule is CCOC(=O)c1ccc(C[C@H]2CC[C@H]3CN[C@H](C(=O)OCC)C[C@H]3C2)cc1. The van der Waals surface area contributed by atoms with Crippen LogP contribution in [-0.2, 0) is 20.7 Å². The van der Waals surface area contributed by atoms with Gasteiger partial charge in [-0.1, -0.05) is 12.1 Å². The Kier molecular flexibility index (Phi) is 6.89. The van der Waals surface area contributed by atoms with E-state index in [1.807, 2.05) is 38.1 Å². The number of fused-ring (bicyclic) bond motifs is 1. The first-order valence-electron chi connectivity index (χ1n) is 10.3. The second kappa shape index (κ2) is 9.36. The van der Waals surface area contributed by atoms with Crippen LogP contribution < -0.4 is 5.32 Å². The van der Waals surface area contributed by atoms with Crippen LogP contribution in [0.25, 0.3) is 0 Å². The molecule has 0 bridgehead atoms. The topological polar surface area (TPSA) is 64.6 Å². The van der Waals surface area contributed by atoms with E-state index in [4.69, 9.17) is 9.47 Å². The van der Waals surface area contributed by atoms with Gasteiger partial charge in [0.2, 0.25) is 0 Å². The molecule has 1 saturated heterocycles. The molecule has 0 amide bonds. The van der Waals surface area contributed by atoms with Crippen LogP contribution in [0.2, 0.25) is 0 Å². The number of hydrogen-bond donors (Lipinski definition) is 1. The second-order valence-corrected chi connectivity index (χ2v) is 7.77. The molecule has 3 rings (SSSR count). The number of ether oxygens (including phenoxy) is 2. The molecule has 0 radical (unpaired) electrons. The number of carbonyl (C=O) groups excluding carboxylic acids is 2. The van der Waals surface area contributed by atoms with Crippen LogP contribution in [0.5, 0.6) is 0 Å². The predicted molar refractivity (Wildman–Crippen MR) is 103 cm³/mol. The molecule has 1 N–H and O–H groups in total. The number of hydrogen-bond acceptors (Lipinski definition) is 5. The normalized spacial score (nSPS) is 27.5. The molecule has 0 aromatic heterocycles. The van der Waals surface area contributed by atoms with E-state index in [1.165, 1.54) is 24.8 Å². The Bertz CT molecular complexity index is 642. The van der Waals surface area contributed by atoms with Crippen molar-refractivity contribution < 1.29 is 19.1 Å². The molecule has 1 aliphatic heterocycles. The van der Waals surface area contributed by atoms with Crippen molar-refractivity contribution >= 4 is 11.9 Å².